The Labute approximate surface area is 122 Å². The second kappa shape index (κ2) is 7.05. The fourth-order valence-electron chi connectivity index (χ4n) is 1.83. The van der Waals surface area contributed by atoms with Crippen molar-refractivity contribution in [3.63, 3.8) is 0 Å². The van der Waals surface area contributed by atoms with E-state index in [-0.39, 0.29) is 5.91 Å². The van der Waals surface area contributed by atoms with Crippen LogP contribution in [0.1, 0.15) is 21.5 Å². The summed E-state index contributed by atoms with van der Waals surface area (Å²) in [5, 5.41) is 0.667. The zero-order chi connectivity index (χ0) is 14.4. The topological polar surface area (TPSA) is 64.3 Å². The van der Waals surface area contributed by atoms with Crippen LogP contribution in [-0.2, 0) is 18.0 Å². The monoisotopic (exact) mass is 290 g/mol. The SMILES string of the molecule is NNC(=O)c1ccccc1COCc1ccccc1Cl. The number of nitrogens with two attached hydrogens (primary N) is 1. The molecule has 0 unspecified atom stereocenters. The molecule has 2 aromatic rings. The Morgan fingerprint density at radius 3 is 2.35 bits per heavy atom. The lowest BCUT2D eigenvalue weighted by Gasteiger charge is -2.09. The Morgan fingerprint density at radius 2 is 1.65 bits per heavy atom. The van der Waals surface area contributed by atoms with Gasteiger partial charge in [-0.15, -0.1) is 0 Å². The zero-order valence-electron chi connectivity index (χ0n) is 10.8. The summed E-state index contributed by atoms with van der Waals surface area (Å²) >= 11 is 6.05. The molecule has 5 heteroatoms. The van der Waals surface area contributed by atoms with Gasteiger partial charge in [0.05, 0.1) is 13.2 Å². The van der Waals surface area contributed by atoms with Gasteiger partial charge in [-0.2, -0.15) is 0 Å². The molecule has 1 amide bonds. The summed E-state index contributed by atoms with van der Waals surface area (Å²) in [6.07, 6.45) is 0. The number of amides is 1. The third-order valence-corrected chi connectivity index (χ3v) is 3.23. The predicted octanol–water partition coefficient (Wildman–Crippen LogP) is 2.66. The van der Waals surface area contributed by atoms with Gasteiger partial charge in [0.1, 0.15) is 0 Å². The molecule has 0 bridgehead atoms. The van der Waals surface area contributed by atoms with E-state index in [4.69, 9.17) is 22.2 Å². The van der Waals surface area contributed by atoms with Crippen LogP contribution in [0.3, 0.4) is 0 Å². The highest BCUT2D eigenvalue weighted by atomic mass is 35.5. The molecule has 0 spiro atoms. The quantitative estimate of drug-likeness (QED) is 0.505. The molecule has 0 aliphatic carbocycles. The van der Waals surface area contributed by atoms with Gasteiger partial charge in [0.25, 0.3) is 5.91 Å². The van der Waals surface area contributed by atoms with E-state index in [1.807, 2.05) is 36.4 Å². The maximum atomic E-state index is 11.6. The van der Waals surface area contributed by atoms with Crippen LogP contribution in [-0.4, -0.2) is 5.91 Å². The third-order valence-electron chi connectivity index (χ3n) is 2.87. The third kappa shape index (κ3) is 3.57. The minimum atomic E-state index is -0.332. The van der Waals surface area contributed by atoms with Gasteiger partial charge >= 0.3 is 0 Å². The van der Waals surface area contributed by atoms with Gasteiger partial charge < -0.3 is 4.74 Å². The van der Waals surface area contributed by atoms with Crippen LogP contribution in [0.4, 0.5) is 0 Å². The molecule has 2 aromatic carbocycles. The molecule has 0 aliphatic rings. The van der Waals surface area contributed by atoms with Crippen LogP contribution in [0.15, 0.2) is 48.5 Å². The van der Waals surface area contributed by atoms with Gasteiger partial charge in [0.2, 0.25) is 0 Å². The lowest BCUT2D eigenvalue weighted by molar-refractivity contribution is 0.0927. The zero-order valence-corrected chi connectivity index (χ0v) is 11.6. The van der Waals surface area contributed by atoms with Gasteiger partial charge in [-0.05, 0) is 23.3 Å². The molecule has 0 saturated carbocycles. The van der Waals surface area contributed by atoms with Crippen LogP contribution >= 0.6 is 11.6 Å². The molecule has 0 radical (unpaired) electrons. The molecule has 0 fully saturated rings. The maximum Gasteiger partial charge on any atom is 0.265 e. The number of rotatable bonds is 5. The van der Waals surface area contributed by atoms with Crippen LogP contribution < -0.4 is 11.3 Å². The number of carbonyl (C=O) groups is 1. The van der Waals surface area contributed by atoms with E-state index in [9.17, 15) is 4.79 Å². The highest BCUT2D eigenvalue weighted by Gasteiger charge is 2.09. The van der Waals surface area contributed by atoms with E-state index in [0.29, 0.717) is 23.8 Å². The van der Waals surface area contributed by atoms with Crippen molar-refractivity contribution in [2.45, 2.75) is 13.2 Å². The van der Waals surface area contributed by atoms with Crippen molar-refractivity contribution in [3.8, 4) is 0 Å². The van der Waals surface area contributed by atoms with Gasteiger partial charge in [-0.3, -0.25) is 10.2 Å². The number of carbonyl (C=O) groups excluding carboxylic acids is 1. The van der Waals surface area contributed by atoms with Crippen LogP contribution in [0.25, 0.3) is 0 Å². The molecule has 104 valence electrons. The standard InChI is InChI=1S/C15H15ClN2O2/c16-14-8-4-2-6-12(14)10-20-9-11-5-1-3-7-13(11)15(19)18-17/h1-8H,9-10,17H2,(H,18,19). The summed E-state index contributed by atoms with van der Waals surface area (Å²) in [6, 6.07) is 14.7. The molecular weight excluding hydrogens is 276 g/mol. The second-order valence-corrected chi connectivity index (χ2v) is 4.62. The Bertz CT molecular complexity index is 602. The van der Waals surface area contributed by atoms with E-state index >= 15 is 0 Å². The van der Waals surface area contributed by atoms with E-state index in [1.165, 1.54) is 0 Å². The van der Waals surface area contributed by atoms with Crippen molar-refractivity contribution >= 4 is 17.5 Å². The molecule has 0 aromatic heterocycles. The fraction of sp³-hybridized carbons (Fsp3) is 0.133. The first-order valence-corrected chi connectivity index (χ1v) is 6.50. The lowest BCUT2D eigenvalue weighted by Crippen LogP contribution is -2.30. The molecular formula is C15H15ClN2O2. The number of hydrazine groups is 1. The normalized spacial score (nSPS) is 10.3. The van der Waals surface area contributed by atoms with Gasteiger partial charge in [0.15, 0.2) is 0 Å². The molecule has 0 atom stereocenters. The smallest absolute Gasteiger partial charge is 0.265 e. The molecule has 0 heterocycles. The van der Waals surface area contributed by atoms with Crippen molar-refractivity contribution in [2.24, 2.45) is 5.84 Å². The molecule has 4 nitrogen and oxygen atoms in total. The number of benzene rings is 2. The summed E-state index contributed by atoms with van der Waals surface area (Å²) in [6.45, 7) is 0.701. The first-order chi connectivity index (χ1) is 9.72. The summed E-state index contributed by atoms with van der Waals surface area (Å²) in [4.78, 5) is 11.6. The maximum absolute atomic E-state index is 11.6. The van der Waals surface area contributed by atoms with Crippen molar-refractivity contribution in [1.82, 2.24) is 5.43 Å². The van der Waals surface area contributed by atoms with E-state index in [0.717, 1.165) is 11.1 Å². The fourth-order valence-corrected chi connectivity index (χ4v) is 2.02. The Balaban J connectivity index is 2.01. The Morgan fingerprint density at radius 1 is 1.05 bits per heavy atom. The second-order valence-electron chi connectivity index (χ2n) is 4.21. The number of hydrogen-bond donors (Lipinski definition) is 2. The first kappa shape index (κ1) is 14.5. The highest BCUT2D eigenvalue weighted by Crippen LogP contribution is 2.17. The Hall–Kier alpha value is -1.88. The molecule has 0 saturated heterocycles. The average molecular weight is 291 g/mol. The van der Waals surface area contributed by atoms with Crippen molar-refractivity contribution < 1.29 is 9.53 Å². The van der Waals surface area contributed by atoms with Crippen LogP contribution in [0, 0.1) is 0 Å². The molecule has 3 N–H and O–H groups in total. The lowest BCUT2D eigenvalue weighted by atomic mass is 10.1. The van der Waals surface area contributed by atoms with Gasteiger partial charge in [0, 0.05) is 10.6 Å². The van der Waals surface area contributed by atoms with Crippen LogP contribution in [0.5, 0.6) is 0 Å². The number of halogens is 1. The first-order valence-electron chi connectivity index (χ1n) is 6.12. The molecule has 0 aliphatic heterocycles. The number of hydrogen-bond acceptors (Lipinski definition) is 3. The van der Waals surface area contributed by atoms with Gasteiger partial charge in [-0.25, -0.2) is 5.84 Å². The minimum Gasteiger partial charge on any atom is -0.372 e. The molecule has 2 rings (SSSR count). The van der Waals surface area contributed by atoms with Crippen molar-refractivity contribution in [1.29, 1.82) is 0 Å². The average Bonchev–Trinajstić information content (AvgIpc) is 2.49. The number of nitrogen functional groups attached to an aromatic ring is 1. The predicted molar refractivity (Wildman–Crippen MR) is 78.0 cm³/mol. The molecule has 20 heavy (non-hydrogen) atoms. The summed E-state index contributed by atoms with van der Waals surface area (Å²) in [7, 11) is 0. The van der Waals surface area contributed by atoms with E-state index < -0.39 is 0 Å². The van der Waals surface area contributed by atoms with E-state index in [2.05, 4.69) is 5.43 Å². The highest BCUT2D eigenvalue weighted by molar-refractivity contribution is 6.31. The van der Waals surface area contributed by atoms with Crippen molar-refractivity contribution in [2.75, 3.05) is 0 Å². The largest absolute Gasteiger partial charge is 0.372 e. The summed E-state index contributed by atoms with van der Waals surface area (Å²) < 4.78 is 5.62. The van der Waals surface area contributed by atoms with E-state index in [1.54, 1.807) is 12.1 Å². The van der Waals surface area contributed by atoms with Gasteiger partial charge in [-0.1, -0.05) is 48.0 Å². The van der Waals surface area contributed by atoms with Crippen LogP contribution in [0.2, 0.25) is 5.02 Å². The minimum absolute atomic E-state index is 0.314. The number of ether oxygens (including phenoxy) is 1. The van der Waals surface area contributed by atoms with Crippen molar-refractivity contribution in [3.05, 3.63) is 70.2 Å². The summed E-state index contributed by atoms with van der Waals surface area (Å²) in [5.74, 6) is 4.82. The summed E-state index contributed by atoms with van der Waals surface area (Å²) in [5.41, 5.74) is 4.32. The Kier molecular flexibility index (Phi) is 5.12. The number of nitrogens with one attached hydrogen (secondary N) is 1.